The third-order valence-electron chi connectivity index (χ3n) is 5.98. The van der Waals surface area contributed by atoms with Gasteiger partial charge in [0.25, 0.3) is 5.56 Å². The van der Waals surface area contributed by atoms with Gasteiger partial charge in [0.15, 0.2) is 4.80 Å². The van der Waals surface area contributed by atoms with E-state index in [-0.39, 0.29) is 12.2 Å². The Morgan fingerprint density at radius 3 is 2.27 bits per heavy atom. The molecule has 0 unspecified atom stereocenters. The van der Waals surface area contributed by atoms with E-state index in [1.807, 2.05) is 97.9 Å². The molecule has 0 fully saturated rings. The number of carbonyl (C=O) groups excluding carboxylic acids is 1. The van der Waals surface area contributed by atoms with Crippen LogP contribution in [0.25, 0.3) is 11.8 Å². The maximum atomic E-state index is 13.8. The maximum Gasteiger partial charge on any atom is 0.338 e. The van der Waals surface area contributed by atoms with E-state index in [9.17, 15) is 9.59 Å². The smallest absolute Gasteiger partial charge is 0.338 e. The Morgan fingerprint density at radius 1 is 0.946 bits per heavy atom. The summed E-state index contributed by atoms with van der Waals surface area (Å²) in [5, 5.41) is 0. The summed E-state index contributed by atoms with van der Waals surface area (Å²) in [6.07, 6.45) is 1.85. The summed E-state index contributed by atoms with van der Waals surface area (Å²) >= 11 is 1.31. The summed E-state index contributed by atoms with van der Waals surface area (Å²) in [7, 11) is 0. The molecule has 0 spiro atoms. The Labute approximate surface area is 218 Å². The van der Waals surface area contributed by atoms with Gasteiger partial charge < -0.3 is 9.47 Å². The van der Waals surface area contributed by atoms with Gasteiger partial charge in [-0.05, 0) is 43.2 Å². The molecule has 37 heavy (non-hydrogen) atoms. The van der Waals surface area contributed by atoms with Crippen LogP contribution in [0, 0.1) is 0 Å². The lowest BCUT2D eigenvalue weighted by Gasteiger charge is -2.25. The SMILES string of the molecule is CCOC(=O)C1=C(c2ccccc2)N=c2s/c(=C\c3ccc(OCC)cc3)c(=O)n2[C@H]1c1ccccc1. The molecule has 7 heteroatoms. The van der Waals surface area contributed by atoms with Crippen LogP contribution in [0.1, 0.15) is 36.6 Å². The van der Waals surface area contributed by atoms with Crippen LogP contribution in [0.2, 0.25) is 0 Å². The van der Waals surface area contributed by atoms with Crippen molar-refractivity contribution in [3.63, 3.8) is 0 Å². The monoisotopic (exact) mass is 510 g/mol. The van der Waals surface area contributed by atoms with E-state index in [2.05, 4.69) is 0 Å². The Balaban J connectivity index is 1.76. The van der Waals surface area contributed by atoms with Gasteiger partial charge in [-0.1, -0.05) is 84.1 Å². The van der Waals surface area contributed by atoms with Gasteiger partial charge >= 0.3 is 5.97 Å². The molecule has 3 aromatic carbocycles. The quantitative estimate of drug-likeness (QED) is 0.347. The minimum Gasteiger partial charge on any atom is -0.494 e. The number of fused-ring (bicyclic) bond motifs is 1. The van der Waals surface area contributed by atoms with Crippen LogP contribution in [-0.2, 0) is 9.53 Å². The number of nitrogens with zero attached hydrogens (tertiary/aromatic N) is 2. The summed E-state index contributed by atoms with van der Waals surface area (Å²) < 4.78 is 13.2. The number of benzene rings is 3. The number of aromatic nitrogens is 1. The van der Waals surface area contributed by atoms with Gasteiger partial charge in [0, 0.05) is 5.56 Å². The standard InChI is InChI=1S/C30H26N2O4S/c1-3-35-23-17-15-20(16-18-23)19-24-28(33)32-27(22-13-9-6-10-14-22)25(29(34)36-4-2)26(31-30(32)37-24)21-11-7-5-8-12-21/h5-19,27H,3-4H2,1-2H3/b24-19-/t27-/m0/s1. The van der Waals surface area contributed by atoms with E-state index in [4.69, 9.17) is 14.5 Å². The third-order valence-corrected chi connectivity index (χ3v) is 6.96. The van der Waals surface area contributed by atoms with Crippen molar-refractivity contribution in [2.45, 2.75) is 19.9 Å². The van der Waals surface area contributed by atoms with Crippen LogP contribution in [0.15, 0.2) is 100 Å². The van der Waals surface area contributed by atoms with Crippen LogP contribution in [0.4, 0.5) is 0 Å². The predicted molar refractivity (Wildman–Crippen MR) is 145 cm³/mol. The van der Waals surface area contributed by atoms with Crippen molar-refractivity contribution >= 4 is 29.1 Å². The van der Waals surface area contributed by atoms with Gasteiger partial charge in [0.1, 0.15) is 5.75 Å². The van der Waals surface area contributed by atoms with Crippen molar-refractivity contribution < 1.29 is 14.3 Å². The third kappa shape index (κ3) is 4.90. The Kier molecular flexibility index (Phi) is 7.14. The van der Waals surface area contributed by atoms with Crippen LogP contribution in [0.5, 0.6) is 5.75 Å². The highest BCUT2D eigenvalue weighted by Gasteiger charge is 2.35. The molecule has 4 aromatic rings. The number of hydrogen-bond acceptors (Lipinski definition) is 6. The Morgan fingerprint density at radius 2 is 1.62 bits per heavy atom. The number of thiazole rings is 1. The fourth-order valence-electron chi connectivity index (χ4n) is 4.37. The second-order valence-electron chi connectivity index (χ2n) is 8.34. The molecule has 186 valence electrons. The summed E-state index contributed by atoms with van der Waals surface area (Å²) in [5.41, 5.74) is 3.12. The molecule has 0 amide bonds. The van der Waals surface area contributed by atoms with Crippen LogP contribution < -0.4 is 19.6 Å². The van der Waals surface area contributed by atoms with Gasteiger partial charge in [0.2, 0.25) is 0 Å². The number of rotatable bonds is 7. The molecule has 0 aliphatic carbocycles. The largest absolute Gasteiger partial charge is 0.494 e. The topological polar surface area (TPSA) is 69.9 Å². The molecular formula is C30H26N2O4S. The van der Waals surface area contributed by atoms with Gasteiger partial charge in [-0.3, -0.25) is 9.36 Å². The molecule has 1 aromatic heterocycles. The number of hydrogen-bond donors (Lipinski definition) is 0. The predicted octanol–water partition coefficient (Wildman–Crippen LogP) is 4.33. The highest BCUT2D eigenvalue weighted by Crippen LogP contribution is 2.35. The lowest BCUT2D eigenvalue weighted by atomic mass is 9.93. The molecule has 1 aliphatic heterocycles. The molecule has 0 saturated heterocycles. The van der Waals surface area contributed by atoms with E-state index < -0.39 is 12.0 Å². The van der Waals surface area contributed by atoms with E-state index in [1.165, 1.54) is 11.3 Å². The van der Waals surface area contributed by atoms with Crippen molar-refractivity contribution in [1.29, 1.82) is 0 Å². The zero-order valence-electron chi connectivity index (χ0n) is 20.6. The van der Waals surface area contributed by atoms with E-state index in [0.29, 0.717) is 27.2 Å². The van der Waals surface area contributed by atoms with Crippen LogP contribution in [-0.4, -0.2) is 23.8 Å². The second-order valence-corrected chi connectivity index (χ2v) is 9.35. The van der Waals surface area contributed by atoms with Crippen molar-refractivity contribution in [3.05, 3.63) is 127 Å². The molecule has 0 saturated carbocycles. The lowest BCUT2D eigenvalue weighted by Crippen LogP contribution is -2.39. The zero-order chi connectivity index (χ0) is 25.8. The van der Waals surface area contributed by atoms with Gasteiger partial charge in [-0.2, -0.15) is 0 Å². The zero-order valence-corrected chi connectivity index (χ0v) is 21.4. The minimum atomic E-state index is -0.672. The van der Waals surface area contributed by atoms with E-state index in [0.717, 1.165) is 22.4 Å². The van der Waals surface area contributed by atoms with Crippen LogP contribution >= 0.6 is 11.3 Å². The van der Waals surface area contributed by atoms with Gasteiger partial charge in [-0.25, -0.2) is 9.79 Å². The average Bonchev–Trinajstić information content (AvgIpc) is 3.24. The number of ether oxygens (including phenoxy) is 2. The molecule has 0 bridgehead atoms. The molecule has 5 rings (SSSR count). The molecule has 1 atom stereocenters. The Hall–Kier alpha value is -4.23. The van der Waals surface area contributed by atoms with Gasteiger partial charge in [-0.15, -0.1) is 0 Å². The molecule has 2 heterocycles. The highest BCUT2D eigenvalue weighted by molar-refractivity contribution is 7.07. The molecule has 0 radical (unpaired) electrons. The first kappa shape index (κ1) is 24.5. The van der Waals surface area contributed by atoms with Crippen molar-refractivity contribution in [3.8, 4) is 5.75 Å². The van der Waals surface area contributed by atoms with Crippen LogP contribution in [0.3, 0.4) is 0 Å². The summed E-state index contributed by atoms with van der Waals surface area (Å²) in [4.78, 5) is 32.6. The first-order chi connectivity index (χ1) is 18.1. The summed E-state index contributed by atoms with van der Waals surface area (Å²) in [5.74, 6) is 0.288. The van der Waals surface area contributed by atoms with E-state index in [1.54, 1.807) is 11.5 Å². The average molecular weight is 511 g/mol. The van der Waals surface area contributed by atoms with Gasteiger partial charge in [0.05, 0.1) is 35.1 Å². The fourth-order valence-corrected chi connectivity index (χ4v) is 5.37. The fraction of sp³-hybridized carbons (Fsp3) is 0.167. The maximum absolute atomic E-state index is 13.8. The Bertz CT molecular complexity index is 1620. The highest BCUT2D eigenvalue weighted by atomic mass is 32.1. The normalized spacial score (nSPS) is 15.2. The van der Waals surface area contributed by atoms with Crippen molar-refractivity contribution in [2.24, 2.45) is 4.99 Å². The molecule has 0 N–H and O–H groups in total. The van der Waals surface area contributed by atoms with E-state index >= 15 is 0 Å². The first-order valence-electron chi connectivity index (χ1n) is 12.2. The summed E-state index contributed by atoms with van der Waals surface area (Å²) in [6.45, 7) is 4.51. The lowest BCUT2D eigenvalue weighted by molar-refractivity contribution is -0.138. The minimum absolute atomic E-state index is 0.208. The number of carbonyl (C=O) groups is 1. The molecule has 6 nitrogen and oxygen atoms in total. The van der Waals surface area contributed by atoms with Crippen molar-refractivity contribution in [1.82, 2.24) is 4.57 Å². The first-order valence-corrected chi connectivity index (χ1v) is 13.0. The second kappa shape index (κ2) is 10.8. The van der Waals surface area contributed by atoms with Crippen molar-refractivity contribution in [2.75, 3.05) is 13.2 Å². The number of esters is 1. The molecule has 1 aliphatic rings. The molecular weight excluding hydrogens is 484 g/mol. The summed E-state index contributed by atoms with van der Waals surface area (Å²) in [6, 6.07) is 26.0.